The summed E-state index contributed by atoms with van der Waals surface area (Å²) < 4.78 is 5.87. The fraction of sp³-hybridized carbons (Fsp3) is 0.591. The largest absolute Gasteiger partial charge is 0.416 e. The second kappa shape index (κ2) is 9.59. The molecule has 150 valence electrons. The first kappa shape index (κ1) is 19.5. The Hall–Kier alpha value is -1.82. The van der Waals surface area contributed by atoms with Crippen molar-refractivity contribution in [2.45, 2.75) is 81.4 Å². The number of hydrogen-bond acceptors (Lipinski definition) is 5. The molecule has 1 aromatic heterocycles. The molecule has 0 N–H and O–H groups in total. The molecule has 1 heterocycles. The molecule has 5 nitrogen and oxygen atoms in total. The fourth-order valence-electron chi connectivity index (χ4n) is 4.47. The van der Waals surface area contributed by atoms with E-state index in [9.17, 15) is 4.79 Å². The fourth-order valence-corrected chi connectivity index (χ4v) is 5.10. The molecule has 0 saturated heterocycles. The van der Waals surface area contributed by atoms with Crippen molar-refractivity contribution >= 4 is 23.4 Å². The zero-order valence-electron chi connectivity index (χ0n) is 16.4. The van der Waals surface area contributed by atoms with E-state index in [-0.39, 0.29) is 5.91 Å². The van der Waals surface area contributed by atoms with Gasteiger partial charge in [0.05, 0.1) is 5.75 Å². The van der Waals surface area contributed by atoms with E-state index < -0.39 is 0 Å². The summed E-state index contributed by atoms with van der Waals surface area (Å²) in [6, 6.07) is 10.4. The molecule has 0 bridgehead atoms. The summed E-state index contributed by atoms with van der Waals surface area (Å²) in [5.41, 5.74) is 0.994. The van der Waals surface area contributed by atoms with Gasteiger partial charge >= 0.3 is 0 Å². The van der Waals surface area contributed by atoms with Gasteiger partial charge in [0.1, 0.15) is 0 Å². The smallest absolute Gasteiger partial charge is 0.277 e. The van der Waals surface area contributed by atoms with E-state index in [1.807, 2.05) is 35.2 Å². The standard InChI is InChI=1S/C22H29N3O2S/c26-20(16-28-22-24-23-21(27-22)17-10-4-1-5-11-17)25(18-12-6-2-7-13-18)19-14-8-3-9-15-19/h2,6-7,12-13,17,19H,1,3-5,8-11,14-16H2. The number of aromatic nitrogens is 2. The number of carbonyl (C=O) groups is 1. The highest BCUT2D eigenvalue weighted by molar-refractivity contribution is 7.99. The summed E-state index contributed by atoms with van der Waals surface area (Å²) in [5, 5.41) is 8.95. The normalized spacial score (nSPS) is 18.9. The van der Waals surface area contributed by atoms with E-state index in [4.69, 9.17) is 4.42 Å². The van der Waals surface area contributed by atoms with Crippen LogP contribution < -0.4 is 4.90 Å². The SMILES string of the molecule is O=C(CSc1nnc(C2CCCCC2)o1)N(c1ccccc1)C1CCCCC1. The number of hydrogen-bond donors (Lipinski definition) is 0. The molecule has 4 rings (SSSR count). The zero-order chi connectivity index (χ0) is 19.2. The van der Waals surface area contributed by atoms with Crippen molar-refractivity contribution in [2.75, 3.05) is 10.7 Å². The molecule has 6 heteroatoms. The Morgan fingerprint density at radius 3 is 2.36 bits per heavy atom. The van der Waals surface area contributed by atoms with E-state index >= 15 is 0 Å². The van der Waals surface area contributed by atoms with E-state index in [1.165, 1.54) is 50.3 Å². The number of amides is 1. The van der Waals surface area contributed by atoms with Gasteiger partial charge in [0.2, 0.25) is 11.8 Å². The molecular formula is C22H29N3O2S. The van der Waals surface area contributed by atoms with Crippen LogP contribution in [0.1, 0.15) is 76.0 Å². The van der Waals surface area contributed by atoms with Crippen molar-refractivity contribution < 1.29 is 9.21 Å². The minimum atomic E-state index is 0.125. The first-order chi connectivity index (χ1) is 13.8. The summed E-state index contributed by atoms with van der Waals surface area (Å²) in [6.07, 6.45) is 11.9. The number of carbonyl (C=O) groups excluding carboxylic acids is 1. The molecule has 0 unspecified atom stereocenters. The van der Waals surface area contributed by atoms with Crippen LogP contribution in [0.3, 0.4) is 0 Å². The molecule has 0 aliphatic heterocycles. The quantitative estimate of drug-likeness (QED) is 0.594. The van der Waals surface area contributed by atoms with Gasteiger partial charge in [0.15, 0.2) is 0 Å². The van der Waals surface area contributed by atoms with Crippen molar-refractivity contribution in [3.8, 4) is 0 Å². The minimum Gasteiger partial charge on any atom is -0.416 e. The Kier molecular flexibility index (Phi) is 6.68. The molecule has 0 radical (unpaired) electrons. The molecule has 1 amide bonds. The molecule has 2 aliphatic carbocycles. The van der Waals surface area contributed by atoms with Crippen LogP contribution in [0.2, 0.25) is 0 Å². The lowest BCUT2D eigenvalue weighted by Gasteiger charge is -2.34. The molecule has 2 aromatic rings. The number of para-hydroxylation sites is 1. The highest BCUT2D eigenvalue weighted by Crippen LogP contribution is 2.33. The van der Waals surface area contributed by atoms with Crippen LogP contribution in [0.15, 0.2) is 40.0 Å². The first-order valence-corrected chi connectivity index (χ1v) is 11.6. The van der Waals surface area contributed by atoms with Crippen molar-refractivity contribution in [3.63, 3.8) is 0 Å². The molecule has 1 aromatic carbocycles. The van der Waals surface area contributed by atoms with Crippen molar-refractivity contribution in [3.05, 3.63) is 36.2 Å². The Morgan fingerprint density at radius 2 is 1.64 bits per heavy atom. The van der Waals surface area contributed by atoms with Gasteiger partial charge in [-0.2, -0.15) is 0 Å². The lowest BCUT2D eigenvalue weighted by molar-refractivity contribution is -0.116. The highest BCUT2D eigenvalue weighted by Gasteiger charge is 2.27. The number of thioether (sulfide) groups is 1. The molecule has 0 atom stereocenters. The Bertz CT molecular complexity index is 752. The van der Waals surface area contributed by atoms with Crippen LogP contribution in [-0.2, 0) is 4.79 Å². The average Bonchev–Trinajstić information content (AvgIpc) is 3.24. The first-order valence-electron chi connectivity index (χ1n) is 10.6. The lowest BCUT2D eigenvalue weighted by Crippen LogP contribution is -2.42. The number of rotatable bonds is 6. The van der Waals surface area contributed by atoms with Crippen LogP contribution >= 0.6 is 11.8 Å². The van der Waals surface area contributed by atoms with Crippen molar-refractivity contribution in [2.24, 2.45) is 0 Å². The topological polar surface area (TPSA) is 59.2 Å². The molecular weight excluding hydrogens is 370 g/mol. The maximum Gasteiger partial charge on any atom is 0.277 e. The van der Waals surface area contributed by atoms with Crippen molar-refractivity contribution in [1.29, 1.82) is 0 Å². The number of nitrogens with zero attached hydrogens (tertiary/aromatic N) is 3. The predicted octanol–water partition coefficient (Wildman–Crippen LogP) is 5.58. The summed E-state index contributed by atoms with van der Waals surface area (Å²) in [4.78, 5) is 15.1. The average molecular weight is 400 g/mol. The van der Waals surface area contributed by atoms with Gasteiger partial charge in [0.25, 0.3) is 5.22 Å². The van der Waals surface area contributed by atoms with Gasteiger partial charge in [-0.05, 0) is 37.8 Å². The van der Waals surface area contributed by atoms with Gasteiger partial charge in [0, 0.05) is 17.6 Å². The Labute approximate surface area is 171 Å². The van der Waals surface area contributed by atoms with Crippen LogP contribution in [-0.4, -0.2) is 27.9 Å². The predicted molar refractivity (Wildman–Crippen MR) is 112 cm³/mol. The number of anilines is 1. The van der Waals surface area contributed by atoms with Crippen molar-refractivity contribution in [1.82, 2.24) is 10.2 Å². The van der Waals surface area contributed by atoms with Gasteiger partial charge in [-0.25, -0.2) is 0 Å². The van der Waals surface area contributed by atoms with E-state index in [0.29, 0.717) is 22.9 Å². The molecule has 2 fully saturated rings. The molecule has 2 aliphatic rings. The monoisotopic (exact) mass is 399 g/mol. The van der Waals surface area contributed by atoms with Gasteiger partial charge in [-0.1, -0.05) is 68.5 Å². The molecule has 0 spiro atoms. The Morgan fingerprint density at radius 1 is 0.964 bits per heavy atom. The van der Waals surface area contributed by atoms with Gasteiger partial charge < -0.3 is 9.32 Å². The second-order valence-corrected chi connectivity index (χ2v) is 8.85. The van der Waals surface area contributed by atoms with Crippen LogP contribution in [0.5, 0.6) is 0 Å². The van der Waals surface area contributed by atoms with Crippen LogP contribution in [0.25, 0.3) is 0 Å². The molecule has 28 heavy (non-hydrogen) atoms. The second-order valence-electron chi connectivity index (χ2n) is 7.92. The van der Waals surface area contributed by atoms with E-state index in [2.05, 4.69) is 10.2 Å². The van der Waals surface area contributed by atoms with E-state index in [0.717, 1.165) is 37.3 Å². The van der Waals surface area contributed by atoms with Crippen LogP contribution in [0, 0.1) is 0 Å². The summed E-state index contributed by atoms with van der Waals surface area (Å²) >= 11 is 1.37. The van der Waals surface area contributed by atoms with Crippen LogP contribution in [0.4, 0.5) is 5.69 Å². The lowest BCUT2D eigenvalue weighted by atomic mass is 9.89. The Balaban J connectivity index is 1.41. The van der Waals surface area contributed by atoms with Gasteiger partial charge in [-0.15, -0.1) is 10.2 Å². The summed E-state index contributed by atoms with van der Waals surface area (Å²) in [6.45, 7) is 0. The number of benzene rings is 1. The third-order valence-electron chi connectivity index (χ3n) is 5.94. The third-order valence-corrected chi connectivity index (χ3v) is 6.74. The van der Waals surface area contributed by atoms with Gasteiger partial charge in [-0.3, -0.25) is 4.79 Å². The molecule has 2 saturated carbocycles. The summed E-state index contributed by atoms with van der Waals surface area (Å²) in [5.74, 6) is 1.61. The van der Waals surface area contributed by atoms with E-state index in [1.54, 1.807) is 0 Å². The third kappa shape index (κ3) is 4.77. The maximum atomic E-state index is 13.1. The zero-order valence-corrected chi connectivity index (χ0v) is 17.2. The summed E-state index contributed by atoms with van der Waals surface area (Å²) in [7, 11) is 0. The minimum absolute atomic E-state index is 0.125. The maximum absolute atomic E-state index is 13.1. The highest BCUT2D eigenvalue weighted by atomic mass is 32.2.